The Bertz CT molecular complexity index is 2610. The fraction of sp³-hybridized carbons (Fsp3) is 0.244. The van der Waals surface area contributed by atoms with Gasteiger partial charge in [-0.2, -0.15) is 0 Å². The van der Waals surface area contributed by atoms with Gasteiger partial charge in [0, 0.05) is 44.2 Å². The van der Waals surface area contributed by atoms with E-state index in [9.17, 15) is 5.11 Å². The Hall–Kier alpha value is -4.73. The van der Waals surface area contributed by atoms with E-state index in [1.165, 1.54) is 5.56 Å². The van der Waals surface area contributed by atoms with Crippen LogP contribution in [0.25, 0.3) is 77.5 Å². The zero-order valence-electron chi connectivity index (χ0n) is 30.3. The number of rotatable bonds is 4. The summed E-state index contributed by atoms with van der Waals surface area (Å²) >= 11 is 0. The number of benzene rings is 5. The molecule has 3 aromatic heterocycles. The summed E-state index contributed by atoms with van der Waals surface area (Å²) in [6, 6.07) is 35.2. The molecule has 0 atom stereocenters. The minimum atomic E-state index is -0.0836. The van der Waals surface area contributed by atoms with Crippen molar-refractivity contribution in [2.75, 3.05) is 0 Å². The van der Waals surface area contributed by atoms with Gasteiger partial charge in [0.05, 0.1) is 22.2 Å². The van der Waals surface area contributed by atoms with Gasteiger partial charge >= 0.3 is 0 Å². The summed E-state index contributed by atoms with van der Waals surface area (Å²) < 4.78 is 8.88. The van der Waals surface area contributed by atoms with E-state index in [1.807, 2.05) is 30.5 Å². The number of aromatic nitrogens is 3. The summed E-state index contributed by atoms with van der Waals surface area (Å²) in [5.41, 5.74) is 11.1. The largest absolute Gasteiger partial charge is 0.507 e. The third kappa shape index (κ3) is 5.86. The molecule has 0 saturated heterocycles. The molecule has 0 aliphatic heterocycles. The van der Waals surface area contributed by atoms with E-state index >= 15 is 0 Å². The molecule has 1 N–H and O–H groups in total. The van der Waals surface area contributed by atoms with Crippen LogP contribution < -0.4 is 0 Å². The summed E-state index contributed by atoms with van der Waals surface area (Å²) in [7, 11) is 0. The van der Waals surface area contributed by atoms with Crippen LogP contribution in [-0.2, 0) is 31.9 Å². The molecular formula is C45H42N3O2Pt-. The first kappa shape index (κ1) is 34.7. The van der Waals surface area contributed by atoms with Crippen molar-refractivity contribution in [1.82, 2.24) is 14.5 Å². The van der Waals surface area contributed by atoms with Gasteiger partial charge in [-0.3, -0.25) is 4.98 Å². The first-order chi connectivity index (χ1) is 23.8. The third-order valence-electron chi connectivity index (χ3n) is 9.88. The minimum absolute atomic E-state index is 0. The van der Waals surface area contributed by atoms with Gasteiger partial charge in [-0.05, 0) is 76.9 Å². The van der Waals surface area contributed by atoms with Gasteiger partial charge in [0.25, 0.3) is 0 Å². The van der Waals surface area contributed by atoms with Gasteiger partial charge in [-0.1, -0.05) is 113 Å². The van der Waals surface area contributed by atoms with E-state index in [1.54, 1.807) is 6.07 Å². The molecule has 0 spiro atoms. The number of hydrogen-bond acceptors (Lipinski definition) is 4. The summed E-state index contributed by atoms with van der Waals surface area (Å²) in [5, 5.41) is 14.4. The molecule has 5 aromatic carbocycles. The molecule has 260 valence electrons. The normalized spacial score (nSPS) is 12.4. The van der Waals surface area contributed by atoms with Gasteiger partial charge < -0.3 is 14.1 Å². The number of imidazole rings is 1. The first-order valence-corrected chi connectivity index (χ1v) is 17.4. The SMILES string of the molecule is CC(C)n1c(-c2cc(C(C)(C)C)ccc2O)nc2c(-c3[c-]c(-c4cc(C(C)(C)C)cc5cccnc45)c4oc5ccccc5c4c3)cccc21.[Pt]. The van der Waals surface area contributed by atoms with Crippen LogP contribution in [0.5, 0.6) is 5.75 Å². The fourth-order valence-electron chi connectivity index (χ4n) is 7.15. The van der Waals surface area contributed by atoms with E-state index in [0.29, 0.717) is 0 Å². The average molecular weight is 852 g/mol. The summed E-state index contributed by atoms with van der Waals surface area (Å²) in [5.74, 6) is 0.962. The number of furan rings is 1. The molecule has 6 heteroatoms. The summed E-state index contributed by atoms with van der Waals surface area (Å²) in [4.78, 5) is 10.2. The Morgan fingerprint density at radius 1 is 0.725 bits per heavy atom. The number of para-hydroxylation sites is 2. The minimum Gasteiger partial charge on any atom is -0.507 e. The molecule has 3 heterocycles. The molecule has 0 amide bonds. The number of nitrogens with zero attached hydrogens (tertiary/aromatic N) is 3. The van der Waals surface area contributed by atoms with Crippen molar-refractivity contribution in [3.05, 3.63) is 114 Å². The predicted octanol–water partition coefficient (Wildman–Crippen LogP) is 12.2. The van der Waals surface area contributed by atoms with Crippen molar-refractivity contribution < 1.29 is 30.6 Å². The molecular weight excluding hydrogens is 810 g/mol. The second kappa shape index (κ2) is 12.5. The smallest absolute Gasteiger partial charge is 0.144 e. The van der Waals surface area contributed by atoms with Crippen LogP contribution in [0.2, 0.25) is 0 Å². The van der Waals surface area contributed by atoms with E-state index in [-0.39, 0.29) is 43.7 Å². The maximum atomic E-state index is 11.2. The van der Waals surface area contributed by atoms with Crippen LogP contribution >= 0.6 is 0 Å². The van der Waals surface area contributed by atoms with Gasteiger partial charge in [-0.15, -0.1) is 17.7 Å². The average Bonchev–Trinajstić information content (AvgIpc) is 3.66. The molecule has 0 fully saturated rings. The quantitative estimate of drug-likeness (QED) is 0.179. The Labute approximate surface area is 313 Å². The van der Waals surface area contributed by atoms with Crippen LogP contribution in [0.15, 0.2) is 102 Å². The van der Waals surface area contributed by atoms with E-state index in [0.717, 1.165) is 83.1 Å². The Morgan fingerprint density at radius 2 is 1.47 bits per heavy atom. The van der Waals surface area contributed by atoms with Crippen molar-refractivity contribution >= 4 is 43.9 Å². The molecule has 51 heavy (non-hydrogen) atoms. The molecule has 5 nitrogen and oxygen atoms in total. The fourth-order valence-corrected chi connectivity index (χ4v) is 7.15. The monoisotopic (exact) mass is 851 g/mol. The van der Waals surface area contributed by atoms with Gasteiger partial charge in [-0.25, -0.2) is 4.98 Å². The van der Waals surface area contributed by atoms with Crippen molar-refractivity contribution in [3.63, 3.8) is 0 Å². The van der Waals surface area contributed by atoms with Crippen LogP contribution in [-0.4, -0.2) is 19.6 Å². The molecule has 0 bridgehead atoms. The van der Waals surface area contributed by atoms with Crippen LogP contribution in [0.3, 0.4) is 0 Å². The second-order valence-corrected chi connectivity index (χ2v) is 15.8. The predicted molar refractivity (Wildman–Crippen MR) is 207 cm³/mol. The topological polar surface area (TPSA) is 64.1 Å². The Balaban J connectivity index is 0.00000406. The number of fused-ring (bicyclic) bond motifs is 5. The number of phenols is 1. The molecule has 0 aliphatic rings. The van der Waals surface area contributed by atoms with Gasteiger partial charge in [0.2, 0.25) is 0 Å². The van der Waals surface area contributed by atoms with Gasteiger partial charge in [0.15, 0.2) is 0 Å². The molecule has 0 saturated carbocycles. The van der Waals surface area contributed by atoms with E-state index in [2.05, 4.69) is 127 Å². The Morgan fingerprint density at radius 3 is 2.22 bits per heavy atom. The Kier molecular flexibility index (Phi) is 8.50. The summed E-state index contributed by atoms with van der Waals surface area (Å²) in [6.45, 7) is 17.6. The molecule has 8 aromatic rings. The standard InChI is InChI=1S/C45H42N3O2.Pt/c1-26(2)48-37-16-11-15-31(41(37)47-43(48)36-24-29(44(3,4)5)18-19-38(36)49)28-22-34-32-14-9-10-17-39(32)50-42(34)35(23-28)33-25-30(45(6,7)8)21-27-13-12-20-46-40(27)33;/h9-22,24-26,49H,1-8H3;/q-1;. The number of aromatic hydroxyl groups is 1. The van der Waals surface area contributed by atoms with Crippen LogP contribution in [0.1, 0.15) is 72.6 Å². The maximum Gasteiger partial charge on any atom is 0.144 e. The molecule has 0 unspecified atom stereocenters. The molecule has 0 aliphatic carbocycles. The number of pyridine rings is 1. The summed E-state index contributed by atoms with van der Waals surface area (Å²) in [6.07, 6.45) is 1.85. The van der Waals surface area contributed by atoms with Gasteiger partial charge in [0.1, 0.15) is 17.2 Å². The second-order valence-electron chi connectivity index (χ2n) is 15.8. The number of hydrogen-bond donors (Lipinski definition) is 1. The molecule has 8 rings (SSSR count). The molecule has 0 radical (unpaired) electrons. The van der Waals surface area contributed by atoms with Crippen molar-refractivity contribution in [2.45, 2.75) is 72.3 Å². The first-order valence-electron chi connectivity index (χ1n) is 17.4. The van der Waals surface area contributed by atoms with Crippen molar-refractivity contribution in [3.8, 4) is 39.4 Å². The third-order valence-corrected chi connectivity index (χ3v) is 9.88. The van der Waals surface area contributed by atoms with E-state index < -0.39 is 0 Å². The van der Waals surface area contributed by atoms with Crippen LogP contribution in [0, 0.1) is 6.07 Å². The van der Waals surface area contributed by atoms with Crippen molar-refractivity contribution in [1.29, 1.82) is 0 Å². The zero-order valence-corrected chi connectivity index (χ0v) is 32.6. The van der Waals surface area contributed by atoms with Crippen LogP contribution in [0.4, 0.5) is 0 Å². The van der Waals surface area contributed by atoms with E-state index in [4.69, 9.17) is 14.4 Å². The van der Waals surface area contributed by atoms with Crippen molar-refractivity contribution in [2.24, 2.45) is 0 Å². The zero-order chi connectivity index (χ0) is 35.1. The maximum absolute atomic E-state index is 11.2. The number of phenolic OH excluding ortho intramolecular Hbond substituents is 1.